The molecule has 0 saturated carbocycles. The average molecular weight is 256 g/mol. The summed E-state index contributed by atoms with van der Waals surface area (Å²) in [6.07, 6.45) is 0.882. The molecule has 0 unspecified atom stereocenters. The van der Waals surface area contributed by atoms with E-state index in [9.17, 15) is 5.26 Å². The van der Waals surface area contributed by atoms with E-state index in [-0.39, 0.29) is 5.92 Å². The molecule has 2 heterocycles. The number of hydrogen-bond acceptors (Lipinski definition) is 4. The Labute approximate surface area is 112 Å². The third kappa shape index (κ3) is 1.48. The van der Waals surface area contributed by atoms with Crippen molar-refractivity contribution in [2.24, 2.45) is 5.92 Å². The van der Waals surface area contributed by atoms with Crippen LogP contribution in [0.25, 0.3) is 0 Å². The largest absolute Gasteiger partial charge is 0.497 e. The number of rotatable bonds is 1. The fourth-order valence-electron chi connectivity index (χ4n) is 3.13. The minimum atomic E-state index is -0.453. The van der Waals surface area contributed by atoms with Crippen molar-refractivity contribution in [3.05, 3.63) is 41.7 Å². The predicted octanol–water partition coefficient (Wildman–Crippen LogP) is 2.37. The number of methoxy groups -OCH3 is 1. The van der Waals surface area contributed by atoms with E-state index in [4.69, 9.17) is 9.57 Å². The van der Waals surface area contributed by atoms with E-state index in [2.05, 4.69) is 12.6 Å². The highest BCUT2D eigenvalue weighted by Crippen LogP contribution is 2.49. The molecule has 2 aliphatic heterocycles. The molecule has 0 bridgehead atoms. The normalized spacial score (nSPS) is 29.1. The quantitative estimate of drug-likeness (QED) is 0.774. The van der Waals surface area contributed by atoms with Crippen molar-refractivity contribution in [1.82, 2.24) is 5.06 Å². The Hall–Kier alpha value is -1.99. The van der Waals surface area contributed by atoms with Gasteiger partial charge in [0.05, 0.1) is 13.2 Å². The second-order valence-corrected chi connectivity index (χ2v) is 5.14. The standard InChI is InChI=1S/C15H16N2O2/c1-10-14(9-16)15(2)13-5-4-12(18-3)8-11(13)6-7-17(15)19-10/h4-5,8,14H,1,6-7H2,2-3H3/t14-,15-/m1/s1. The van der Waals surface area contributed by atoms with Gasteiger partial charge < -0.3 is 9.57 Å². The van der Waals surface area contributed by atoms with Crippen LogP contribution in [0.15, 0.2) is 30.5 Å². The van der Waals surface area contributed by atoms with Gasteiger partial charge in [0.2, 0.25) is 0 Å². The highest BCUT2D eigenvalue weighted by molar-refractivity contribution is 5.44. The molecule has 4 heteroatoms. The number of nitrogens with zero attached hydrogens (tertiary/aromatic N) is 2. The fraction of sp³-hybridized carbons (Fsp3) is 0.400. The third-order valence-electron chi connectivity index (χ3n) is 4.20. The number of ether oxygens (including phenoxy) is 1. The maximum absolute atomic E-state index is 9.42. The number of nitriles is 1. The molecule has 0 spiro atoms. The summed E-state index contributed by atoms with van der Waals surface area (Å²) in [4.78, 5) is 5.67. The maximum atomic E-state index is 9.42. The lowest BCUT2D eigenvalue weighted by Gasteiger charge is -2.39. The maximum Gasteiger partial charge on any atom is 0.137 e. The Morgan fingerprint density at radius 3 is 3.05 bits per heavy atom. The molecule has 0 aliphatic carbocycles. The van der Waals surface area contributed by atoms with E-state index in [1.165, 1.54) is 5.56 Å². The van der Waals surface area contributed by atoms with Gasteiger partial charge in [0, 0.05) is 6.54 Å². The van der Waals surface area contributed by atoms with Gasteiger partial charge in [0.1, 0.15) is 23.0 Å². The summed E-state index contributed by atoms with van der Waals surface area (Å²) in [5, 5.41) is 11.3. The van der Waals surface area contributed by atoms with E-state index in [0.717, 1.165) is 24.3 Å². The Kier molecular flexibility index (Phi) is 2.54. The van der Waals surface area contributed by atoms with Crippen molar-refractivity contribution >= 4 is 0 Å². The van der Waals surface area contributed by atoms with Crippen LogP contribution in [-0.2, 0) is 16.8 Å². The number of hydrogen-bond donors (Lipinski definition) is 0. The highest BCUT2D eigenvalue weighted by Gasteiger charge is 2.54. The van der Waals surface area contributed by atoms with Crippen molar-refractivity contribution in [3.8, 4) is 11.8 Å². The first-order valence-electron chi connectivity index (χ1n) is 6.32. The Bertz CT molecular complexity index is 590. The lowest BCUT2D eigenvalue weighted by Crippen LogP contribution is -2.46. The van der Waals surface area contributed by atoms with Crippen LogP contribution in [0, 0.1) is 17.2 Å². The van der Waals surface area contributed by atoms with Gasteiger partial charge in [-0.1, -0.05) is 12.6 Å². The second kappa shape index (κ2) is 4.01. The minimum absolute atomic E-state index is 0.347. The molecule has 3 rings (SSSR count). The zero-order chi connectivity index (χ0) is 13.6. The van der Waals surface area contributed by atoms with Gasteiger partial charge in [-0.15, -0.1) is 5.06 Å². The van der Waals surface area contributed by atoms with Crippen LogP contribution in [0.2, 0.25) is 0 Å². The summed E-state index contributed by atoms with van der Waals surface area (Å²) >= 11 is 0. The summed E-state index contributed by atoms with van der Waals surface area (Å²) in [5.74, 6) is 1.04. The average Bonchev–Trinajstić information content (AvgIpc) is 2.68. The molecular formula is C15H16N2O2. The number of fused-ring (bicyclic) bond motifs is 3. The SMILES string of the molecule is C=C1ON2CCc3cc(OC)ccc3[C@]2(C)[C@@H]1C#N. The Morgan fingerprint density at radius 1 is 1.58 bits per heavy atom. The van der Waals surface area contributed by atoms with Crippen LogP contribution in [0.3, 0.4) is 0 Å². The van der Waals surface area contributed by atoms with E-state index < -0.39 is 5.54 Å². The van der Waals surface area contributed by atoms with E-state index in [1.54, 1.807) is 7.11 Å². The van der Waals surface area contributed by atoms with Crippen LogP contribution in [0.1, 0.15) is 18.1 Å². The molecule has 2 atom stereocenters. The van der Waals surface area contributed by atoms with Gasteiger partial charge in [-0.25, -0.2) is 0 Å². The highest BCUT2D eigenvalue weighted by atomic mass is 16.7. The monoisotopic (exact) mass is 256 g/mol. The van der Waals surface area contributed by atoms with E-state index >= 15 is 0 Å². The smallest absolute Gasteiger partial charge is 0.137 e. The molecule has 19 heavy (non-hydrogen) atoms. The van der Waals surface area contributed by atoms with Crippen molar-refractivity contribution in [2.45, 2.75) is 18.9 Å². The fourth-order valence-corrected chi connectivity index (χ4v) is 3.13. The number of benzene rings is 1. The molecule has 0 N–H and O–H groups in total. The first-order valence-corrected chi connectivity index (χ1v) is 6.32. The van der Waals surface area contributed by atoms with E-state index in [0.29, 0.717) is 5.76 Å². The molecule has 98 valence electrons. The molecule has 0 radical (unpaired) electrons. The Balaban J connectivity index is 2.16. The summed E-state index contributed by atoms with van der Waals surface area (Å²) in [6.45, 7) is 6.67. The van der Waals surface area contributed by atoms with Gasteiger partial charge in [0.15, 0.2) is 0 Å². The van der Waals surface area contributed by atoms with Crippen LogP contribution in [0.4, 0.5) is 0 Å². The first kappa shape index (κ1) is 12.1. The van der Waals surface area contributed by atoms with Crippen molar-refractivity contribution in [1.29, 1.82) is 5.26 Å². The van der Waals surface area contributed by atoms with Crippen molar-refractivity contribution < 1.29 is 9.57 Å². The molecule has 1 fully saturated rings. The van der Waals surface area contributed by atoms with Gasteiger partial charge in [0.25, 0.3) is 0 Å². The van der Waals surface area contributed by atoms with Gasteiger partial charge in [-0.05, 0) is 36.6 Å². The van der Waals surface area contributed by atoms with Crippen LogP contribution in [-0.4, -0.2) is 18.7 Å². The minimum Gasteiger partial charge on any atom is -0.497 e. The summed E-state index contributed by atoms with van der Waals surface area (Å²) in [7, 11) is 1.66. The molecule has 4 nitrogen and oxygen atoms in total. The zero-order valence-corrected chi connectivity index (χ0v) is 11.1. The summed E-state index contributed by atoms with van der Waals surface area (Å²) in [6, 6.07) is 8.34. The van der Waals surface area contributed by atoms with Gasteiger partial charge >= 0.3 is 0 Å². The van der Waals surface area contributed by atoms with Crippen molar-refractivity contribution in [3.63, 3.8) is 0 Å². The molecule has 1 saturated heterocycles. The van der Waals surface area contributed by atoms with Gasteiger partial charge in [-0.2, -0.15) is 5.26 Å². The van der Waals surface area contributed by atoms with Crippen LogP contribution in [0.5, 0.6) is 5.75 Å². The first-order chi connectivity index (χ1) is 9.11. The Morgan fingerprint density at radius 2 is 2.37 bits per heavy atom. The molecule has 1 aromatic rings. The van der Waals surface area contributed by atoms with Crippen LogP contribution < -0.4 is 4.74 Å². The number of hydroxylamine groups is 2. The van der Waals surface area contributed by atoms with E-state index in [1.807, 2.05) is 30.2 Å². The lowest BCUT2D eigenvalue weighted by molar-refractivity contribution is -0.147. The molecule has 0 amide bonds. The predicted molar refractivity (Wildman–Crippen MR) is 70.1 cm³/mol. The topological polar surface area (TPSA) is 45.5 Å². The summed E-state index contributed by atoms with van der Waals surface area (Å²) < 4.78 is 5.27. The van der Waals surface area contributed by atoms with Gasteiger partial charge in [-0.3, -0.25) is 0 Å². The lowest BCUT2D eigenvalue weighted by atomic mass is 9.75. The molecule has 1 aromatic carbocycles. The van der Waals surface area contributed by atoms with Crippen LogP contribution >= 0.6 is 0 Å². The second-order valence-electron chi connectivity index (χ2n) is 5.14. The molecular weight excluding hydrogens is 240 g/mol. The zero-order valence-electron chi connectivity index (χ0n) is 11.1. The summed E-state index contributed by atoms with van der Waals surface area (Å²) in [5.41, 5.74) is 1.90. The molecule has 0 aromatic heterocycles. The molecule has 2 aliphatic rings. The van der Waals surface area contributed by atoms with Crippen molar-refractivity contribution in [2.75, 3.05) is 13.7 Å². The third-order valence-corrected chi connectivity index (χ3v) is 4.20.